The maximum absolute atomic E-state index is 12.6. The van der Waals surface area contributed by atoms with Gasteiger partial charge in [-0.15, -0.1) is 11.8 Å². The van der Waals surface area contributed by atoms with Gasteiger partial charge in [-0.1, -0.05) is 12.1 Å². The molecule has 146 valence electrons. The molecule has 2 aromatic heterocycles. The van der Waals surface area contributed by atoms with Crippen LogP contribution in [-0.2, 0) is 19.2 Å². The summed E-state index contributed by atoms with van der Waals surface area (Å²) in [6, 6.07) is 8.70. The van der Waals surface area contributed by atoms with Crippen LogP contribution in [0.5, 0.6) is 0 Å². The number of furan rings is 1. The molecule has 0 atom stereocenters. The zero-order valence-corrected chi connectivity index (χ0v) is 16.2. The Labute approximate surface area is 166 Å². The highest BCUT2D eigenvalue weighted by atomic mass is 32.2. The zero-order chi connectivity index (χ0) is 19.9. The first-order chi connectivity index (χ1) is 13.5. The first-order valence-corrected chi connectivity index (χ1v) is 9.80. The van der Waals surface area contributed by atoms with Crippen molar-refractivity contribution in [3.8, 4) is 0 Å². The van der Waals surface area contributed by atoms with E-state index in [2.05, 4.69) is 10.4 Å². The van der Waals surface area contributed by atoms with Gasteiger partial charge in [0, 0.05) is 24.7 Å². The molecule has 8 heteroatoms. The molecule has 0 spiro atoms. The van der Waals surface area contributed by atoms with Crippen LogP contribution in [0.15, 0.2) is 58.3 Å². The third-order valence-corrected chi connectivity index (χ3v) is 5.23. The van der Waals surface area contributed by atoms with E-state index in [9.17, 15) is 9.59 Å². The number of thioether (sulfide) groups is 1. The first kappa shape index (κ1) is 19.8. The highest BCUT2D eigenvalue weighted by molar-refractivity contribution is 7.98. The number of aryl methyl sites for hydroxylation is 2. The van der Waals surface area contributed by atoms with Crippen LogP contribution < -0.4 is 5.32 Å². The predicted molar refractivity (Wildman–Crippen MR) is 106 cm³/mol. The van der Waals surface area contributed by atoms with Gasteiger partial charge < -0.3 is 14.8 Å². The van der Waals surface area contributed by atoms with Gasteiger partial charge in [0.15, 0.2) is 0 Å². The number of carbonyl (C=O) groups excluding carboxylic acids is 1. The Kier molecular flexibility index (Phi) is 6.54. The Bertz CT molecular complexity index is 964. The fourth-order valence-corrected chi connectivity index (χ4v) is 3.76. The molecule has 7 nitrogen and oxygen atoms in total. The zero-order valence-electron chi connectivity index (χ0n) is 15.4. The summed E-state index contributed by atoms with van der Waals surface area (Å²) >= 11 is 1.37. The molecule has 0 fully saturated rings. The number of carboxylic acids is 1. The average Bonchev–Trinajstić information content (AvgIpc) is 3.32. The number of nitrogens with one attached hydrogen (secondary N) is 1. The van der Waals surface area contributed by atoms with Gasteiger partial charge >= 0.3 is 5.97 Å². The van der Waals surface area contributed by atoms with Gasteiger partial charge in [-0.2, -0.15) is 5.10 Å². The minimum Gasteiger partial charge on any atom is -0.478 e. The second-order valence-corrected chi connectivity index (χ2v) is 7.25. The van der Waals surface area contributed by atoms with Gasteiger partial charge in [0.2, 0.25) is 0 Å². The summed E-state index contributed by atoms with van der Waals surface area (Å²) in [5, 5.41) is 16.2. The largest absolute Gasteiger partial charge is 0.478 e. The monoisotopic (exact) mass is 399 g/mol. The second kappa shape index (κ2) is 9.27. The SMILES string of the molecule is Cn1cc(CCCNC(=O)c2ccccc2SCc2occc2C(=O)O)cn1. The van der Waals surface area contributed by atoms with Crippen LogP contribution in [0.1, 0.15) is 38.5 Å². The number of aromatic nitrogens is 2. The highest BCUT2D eigenvalue weighted by Gasteiger charge is 2.16. The Balaban J connectivity index is 1.55. The number of nitrogens with zero attached hydrogens (tertiary/aromatic N) is 2. The molecule has 0 saturated heterocycles. The van der Waals surface area contributed by atoms with E-state index >= 15 is 0 Å². The topological polar surface area (TPSA) is 97.4 Å². The van der Waals surface area contributed by atoms with E-state index in [1.807, 2.05) is 37.6 Å². The normalized spacial score (nSPS) is 10.8. The first-order valence-electron chi connectivity index (χ1n) is 8.82. The quantitative estimate of drug-likeness (QED) is 0.423. The minimum atomic E-state index is -1.02. The summed E-state index contributed by atoms with van der Waals surface area (Å²) in [4.78, 5) is 24.5. The van der Waals surface area contributed by atoms with Crippen LogP contribution in [-0.4, -0.2) is 33.3 Å². The molecule has 0 radical (unpaired) electrons. The molecule has 0 bridgehead atoms. The van der Waals surface area contributed by atoms with Crippen molar-refractivity contribution in [1.29, 1.82) is 0 Å². The van der Waals surface area contributed by atoms with E-state index in [1.54, 1.807) is 10.7 Å². The molecule has 3 aromatic rings. The van der Waals surface area contributed by atoms with Crippen LogP contribution in [0, 0.1) is 0 Å². The smallest absolute Gasteiger partial charge is 0.339 e. The third kappa shape index (κ3) is 5.04. The third-order valence-electron chi connectivity index (χ3n) is 4.15. The summed E-state index contributed by atoms with van der Waals surface area (Å²) in [5.41, 5.74) is 1.85. The highest BCUT2D eigenvalue weighted by Crippen LogP contribution is 2.28. The van der Waals surface area contributed by atoms with E-state index < -0.39 is 5.97 Å². The lowest BCUT2D eigenvalue weighted by Gasteiger charge is -2.09. The maximum atomic E-state index is 12.6. The van der Waals surface area contributed by atoms with Crippen molar-refractivity contribution in [3.63, 3.8) is 0 Å². The van der Waals surface area contributed by atoms with Crippen molar-refractivity contribution in [2.24, 2.45) is 7.05 Å². The molecule has 1 aromatic carbocycles. The lowest BCUT2D eigenvalue weighted by Crippen LogP contribution is -2.25. The molecule has 0 aliphatic heterocycles. The summed E-state index contributed by atoms with van der Waals surface area (Å²) < 4.78 is 7.02. The number of hydrogen-bond donors (Lipinski definition) is 2. The predicted octanol–water partition coefficient (Wildman–Crippen LogP) is 3.37. The van der Waals surface area contributed by atoms with E-state index in [0.717, 1.165) is 23.3 Å². The molecule has 0 aliphatic carbocycles. The maximum Gasteiger partial charge on any atom is 0.339 e. The molecule has 2 N–H and O–H groups in total. The number of hydrogen-bond acceptors (Lipinski definition) is 5. The molecule has 0 unspecified atom stereocenters. The van der Waals surface area contributed by atoms with Crippen LogP contribution in [0.4, 0.5) is 0 Å². The standard InChI is InChI=1S/C20H21N3O4S/c1-23-12-14(11-22-23)5-4-9-21-19(24)16-6-2-3-7-18(16)28-13-17-15(20(25)26)8-10-27-17/h2-3,6-8,10-12H,4-5,9,13H2,1H3,(H,21,24)(H,25,26). The van der Waals surface area contributed by atoms with Crippen LogP contribution in [0.2, 0.25) is 0 Å². The van der Waals surface area contributed by atoms with Crippen molar-refractivity contribution < 1.29 is 19.1 Å². The summed E-state index contributed by atoms with van der Waals surface area (Å²) in [6.07, 6.45) is 6.82. The summed E-state index contributed by atoms with van der Waals surface area (Å²) in [7, 11) is 1.88. The molecular formula is C20H21N3O4S. The van der Waals surface area contributed by atoms with Crippen molar-refractivity contribution in [2.45, 2.75) is 23.5 Å². The van der Waals surface area contributed by atoms with Crippen LogP contribution in [0.25, 0.3) is 0 Å². The van der Waals surface area contributed by atoms with Gasteiger partial charge in [0.25, 0.3) is 5.91 Å². The van der Waals surface area contributed by atoms with Gasteiger partial charge in [-0.25, -0.2) is 4.79 Å². The van der Waals surface area contributed by atoms with Crippen molar-refractivity contribution in [3.05, 3.63) is 71.4 Å². The number of carbonyl (C=O) groups is 2. The number of benzene rings is 1. The Morgan fingerprint density at radius 2 is 2.07 bits per heavy atom. The van der Waals surface area contributed by atoms with E-state index in [0.29, 0.717) is 23.6 Å². The fourth-order valence-electron chi connectivity index (χ4n) is 2.76. The minimum absolute atomic E-state index is 0.143. The van der Waals surface area contributed by atoms with Gasteiger partial charge in [0.05, 0.1) is 23.8 Å². The molecule has 2 heterocycles. The number of rotatable bonds is 9. The molecular weight excluding hydrogens is 378 g/mol. The van der Waals surface area contributed by atoms with Gasteiger partial charge in [0.1, 0.15) is 11.3 Å². The Morgan fingerprint density at radius 1 is 1.25 bits per heavy atom. The van der Waals surface area contributed by atoms with Crippen LogP contribution in [0.3, 0.4) is 0 Å². The second-order valence-electron chi connectivity index (χ2n) is 6.23. The number of carboxylic acid groups (broad SMARTS) is 1. The molecule has 28 heavy (non-hydrogen) atoms. The van der Waals surface area contributed by atoms with Crippen LogP contribution >= 0.6 is 11.8 Å². The molecule has 0 saturated carbocycles. The van der Waals surface area contributed by atoms with Gasteiger partial charge in [-0.3, -0.25) is 9.48 Å². The van der Waals surface area contributed by atoms with Crippen molar-refractivity contribution >= 4 is 23.6 Å². The number of aromatic carboxylic acids is 1. The summed E-state index contributed by atoms with van der Waals surface area (Å²) in [6.45, 7) is 0.564. The van der Waals surface area contributed by atoms with Crippen molar-refractivity contribution in [2.75, 3.05) is 6.54 Å². The van der Waals surface area contributed by atoms with Crippen molar-refractivity contribution in [1.82, 2.24) is 15.1 Å². The lowest BCUT2D eigenvalue weighted by molar-refractivity contribution is 0.0694. The number of amides is 1. The van der Waals surface area contributed by atoms with E-state index in [4.69, 9.17) is 9.52 Å². The Morgan fingerprint density at radius 3 is 2.82 bits per heavy atom. The average molecular weight is 399 g/mol. The molecule has 1 amide bonds. The Hall–Kier alpha value is -3.00. The molecule has 3 rings (SSSR count). The fraction of sp³-hybridized carbons (Fsp3) is 0.250. The summed E-state index contributed by atoms with van der Waals surface area (Å²) in [5.74, 6) is -0.458. The van der Waals surface area contributed by atoms with E-state index in [-0.39, 0.29) is 11.5 Å². The van der Waals surface area contributed by atoms with Gasteiger partial charge in [-0.05, 0) is 36.6 Å². The molecule has 0 aliphatic rings. The van der Waals surface area contributed by atoms with E-state index in [1.165, 1.54) is 24.1 Å². The lowest BCUT2D eigenvalue weighted by atomic mass is 10.2.